The minimum atomic E-state index is -0.433. The Labute approximate surface area is 163 Å². The van der Waals surface area contributed by atoms with Crippen molar-refractivity contribution in [2.24, 2.45) is 0 Å². The van der Waals surface area contributed by atoms with Crippen LogP contribution in [-0.4, -0.2) is 16.1 Å². The van der Waals surface area contributed by atoms with Gasteiger partial charge in [-0.3, -0.25) is 14.9 Å². The maximum Gasteiger partial charge on any atom is 0.290 e. The number of amides is 2. The Morgan fingerprint density at radius 2 is 2.15 bits per heavy atom. The Hall–Kier alpha value is -2.27. The first-order valence-electron chi connectivity index (χ1n) is 7.50. The Bertz CT molecular complexity index is 983. The summed E-state index contributed by atoms with van der Waals surface area (Å²) < 4.78 is 0. The van der Waals surface area contributed by atoms with Crippen LogP contribution in [-0.2, 0) is 10.5 Å². The first kappa shape index (κ1) is 18.5. The molecule has 1 aromatic heterocycles. The average molecular weight is 402 g/mol. The molecule has 8 heteroatoms. The van der Waals surface area contributed by atoms with E-state index in [-0.39, 0.29) is 4.91 Å². The quantitative estimate of drug-likeness (QED) is 0.598. The molecule has 130 valence electrons. The summed E-state index contributed by atoms with van der Waals surface area (Å²) in [6, 6.07) is 11.2. The molecule has 1 fully saturated rings. The molecular formula is C18H12ClN3O2S2. The molecule has 2 aromatic rings. The predicted octanol–water partition coefficient (Wildman–Crippen LogP) is 4.53. The summed E-state index contributed by atoms with van der Waals surface area (Å²) in [5, 5.41) is 12.4. The van der Waals surface area contributed by atoms with Crippen LogP contribution in [0.15, 0.2) is 40.3 Å². The van der Waals surface area contributed by atoms with Crippen LogP contribution in [0, 0.1) is 18.3 Å². The molecule has 26 heavy (non-hydrogen) atoms. The molecule has 1 N–H and O–H groups in total. The van der Waals surface area contributed by atoms with Crippen molar-refractivity contribution in [2.75, 3.05) is 0 Å². The van der Waals surface area contributed by atoms with Crippen molar-refractivity contribution in [1.29, 1.82) is 5.26 Å². The molecule has 1 aliphatic heterocycles. The van der Waals surface area contributed by atoms with E-state index in [9.17, 15) is 14.9 Å². The van der Waals surface area contributed by atoms with Crippen molar-refractivity contribution < 1.29 is 9.59 Å². The zero-order valence-corrected chi connectivity index (χ0v) is 16.0. The summed E-state index contributed by atoms with van der Waals surface area (Å²) in [5.74, 6) is 0.199. The van der Waals surface area contributed by atoms with Gasteiger partial charge in [0.1, 0.15) is 11.1 Å². The Kier molecular flexibility index (Phi) is 5.67. The molecule has 1 saturated heterocycles. The van der Waals surface area contributed by atoms with Gasteiger partial charge in [-0.05, 0) is 54.1 Å². The molecule has 1 aliphatic rings. The first-order valence-corrected chi connectivity index (χ1v) is 9.68. The third-order valence-electron chi connectivity index (χ3n) is 3.52. The number of carbonyl (C=O) groups is 2. The average Bonchev–Trinajstić information content (AvgIpc) is 2.93. The fourth-order valence-electron chi connectivity index (χ4n) is 2.23. The number of nitrogens with zero attached hydrogens (tertiary/aromatic N) is 2. The Morgan fingerprint density at radius 3 is 2.81 bits per heavy atom. The van der Waals surface area contributed by atoms with Gasteiger partial charge >= 0.3 is 0 Å². The molecule has 5 nitrogen and oxygen atoms in total. The number of halogens is 1. The molecule has 1 aromatic carbocycles. The van der Waals surface area contributed by atoms with Crippen LogP contribution >= 0.6 is 35.1 Å². The number of pyridine rings is 1. The van der Waals surface area contributed by atoms with Crippen molar-refractivity contribution in [2.45, 2.75) is 17.7 Å². The summed E-state index contributed by atoms with van der Waals surface area (Å²) in [6.07, 6.45) is 1.54. The highest BCUT2D eigenvalue weighted by Gasteiger charge is 2.25. The molecule has 0 bridgehead atoms. The van der Waals surface area contributed by atoms with Crippen molar-refractivity contribution in [3.8, 4) is 6.07 Å². The van der Waals surface area contributed by atoms with Gasteiger partial charge in [0, 0.05) is 10.8 Å². The maximum atomic E-state index is 11.7. The standard InChI is InChI=1S/C18H12ClN3O2S2/c1-10-6-11(2-5-14(10)19)9-25-17-12(8-20)3-4-13(21-17)7-15-16(23)22-18(24)26-15/h2-7H,9H2,1H3,(H,22,23,24)/b15-7-. The summed E-state index contributed by atoms with van der Waals surface area (Å²) in [6.45, 7) is 1.94. The number of aromatic nitrogens is 1. The van der Waals surface area contributed by atoms with Crippen molar-refractivity contribution in [3.63, 3.8) is 0 Å². The lowest BCUT2D eigenvalue weighted by atomic mass is 10.2. The Morgan fingerprint density at radius 1 is 1.35 bits per heavy atom. The van der Waals surface area contributed by atoms with E-state index in [1.165, 1.54) is 11.8 Å². The fraction of sp³-hybridized carbons (Fsp3) is 0.111. The van der Waals surface area contributed by atoms with Gasteiger partial charge < -0.3 is 0 Å². The van der Waals surface area contributed by atoms with Gasteiger partial charge in [-0.15, -0.1) is 11.8 Å². The number of carbonyl (C=O) groups excluding carboxylic acids is 2. The molecule has 0 spiro atoms. The van der Waals surface area contributed by atoms with Gasteiger partial charge in [-0.1, -0.05) is 23.7 Å². The van der Waals surface area contributed by atoms with Gasteiger partial charge in [0.15, 0.2) is 0 Å². The minimum absolute atomic E-state index is 0.288. The third kappa shape index (κ3) is 4.28. The monoisotopic (exact) mass is 401 g/mol. The van der Waals surface area contributed by atoms with Crippen LogP contribution in [0.4, 0.5) is 4.79 Å². The smallest absolute Gasteiger partial charge is 0.282 e. The molecule has 2 heterocycles. The number of thioether (sulfide) groups is 2. The second kappa shape index (κ2) is 7.96. The van der Waals surface area contributed by atoms with Crippen LogP contribution in [0.5, 0.6) is 0 Å². The number of benzene rings is 1. The van der Waals surface area contributed by atoms with Crippen molar-refractivity contribution in [1.82, 2.24) is 10.3 Å². The highest BCUT2D eigenvalue weighted by atomic mass is 35.5. The fourth-order valence-corrected chi connectivity index (χ4v) is 3.94. The Balaban J connectivity index is 1.83. The van der Waals surface area contributed by atoms with E-state index in [1.807, 2.05) is 25.1 Å². The zero-order chi connectivity index (χ0) is 18.7. The number of hydrogen-bond donors (Lipinski definition) is 1. The highest BCUT2D eigenvalue weighted by molar-refractivity contribution is 8.18. The molecule has 0 atom stereocenters. The van der Waals surface area contributed by atoms with Gasteiger partial charge in [-0.25, -0.2) is 4.98 Å². The SMILES string of the molecule is Cc1cc(CSc2nc(/C=C3\SC(=O)NC3=O)ccc2C#N)ccc1Cl. The summed E-state index contributed by atoms with van der Waals surface area (Å²) in [5.41, 5.74) is 3.04. The number of aryl methyl sites for hydroxylation is 1. The van der Waals surface area contributed by atoms with Gasteiger partial charge in [0.05, 0.1) is 16.2 Å². The van der Waals surface area contributed by atoms with E-state index in [2.05, 4.69) is 16.4 Å². The number of hydrogen-bond acceptors (Lipinski definition) is 6. The zero-order valence-electron chi connectivity index (χ0n) is 13.6. The van der Waals surface area contributed by atoms with E-state index in [0.29, 0.717) is 27.1 Å². The normalized spacial score (nSPS) is 15.2. The van der Waals surface area contributed by atoms with Crippen molar-refractivity contribution in [3.05, 3.63) is 62.6 Å². The molecule has 3 rings (SSSR count). The lowest BCUT2D eigenvalue weighted by Gasteiger charge is -2.06. The summed E-state index contributed by atoms with van der Waals surface area (Å²) in [7, 11) is 0. The van der Waals surface area contributed by atoms with Gasteiger partial charge in [0.25, 0.3) is 11.1 Å². The molecule has 0 unspecified atom stereocenters. The highest BCUT2D eigenvalue weighted by Crippen LogP contribution is 2.29. The van der Waals surface area contributed by atoms with Crippen LogP contribution < -0.4 is 5.32 Å². The van der Waals surface area contributed by atoms with E-state index in [0.717, 1.165) is 22.9 Å². The van der Waals surface area contributed by atoms with E-state index in [4.69, 9.17) is 11.6 Å². The topological polar surface area (TPSA) is 82.8 Å². The minimum Gasteiger partial charge on any atom is -0.282 e. The molecule has 0 radical (unpaired) electrons. The predicted molar refractivity (Wildman–Crippen MR) is 104 cm³/mol. The molecular weight excluding hydrogens is 390 g/mol. The van der Waals surface area contributed by atoms with Crippen molar-refractivity contribution >= 4 is 52.3 Å². The van der Waals surface area contributed by atoms with Gasteiger partial charge in [-0.2, -0.15) is 5.26 Å². The number of nitriles is 1. The first-order chi connectivity index (χ1) is 12.5. The van der Waals surface area contributed by atoms with E-state index in [1.54, 1.807) is 18.2 Å². The summed E-state index contributed by atoms with van der Waals surface area (Å²) >= 11 is 8.31. The van der Waals surface area contributed by atoms with Crippen LogP contribution in [0.25, 0.3) is 6.08 Å². The number of imide groups is 1. The van der Waals surface area contributed by atoms with Crippen LogP contribution in [0.2, 0.25) is 5.02 Å². The summed E-state index contributed by atoms with van der Waals surface area (Å²) in [4.78, 5) is 27.6. The number of nitrogens with one attached hydrogen (secondary N) is 1. The van der Waals surface area contributed by atoms with E-state index >= 15 is 0 Å². The number of rotatable bonds is 4. The van der Waals surface area contributed by atoms with E-state index < -0.39 is 11.1 Å². The third-order valence-corrected chi connectivity index (χ3v) is 5.82. The largest absolute Gasteiger partial charge is 0.290 e. The van der Waals surface area contributed by atoms with Crippen LogP contribution in [0.3, 0.4) is 0 Å². The van der Waals surface area contributed by atoms with Gasteiger partial charge in [0.2, 0.25) is 0 Å². The van der Waals surface area contributed by atoms with Crippen LogP contribution in [0.1, 0.15) is 22.4 Å². The lowest BCUT2D eigenvalue weighted by Crippen LogP contribution is -2.17. The molecule has 0 aliphatic carbocycles. The second-order valence-corrected chi connectivity index (χ2v) is 7.81. The second-order valence-electron chi connectivity index (χ2n) is 5.43. The molecule has 2 amide bonds. The lowest BCUT2D eigenvalue weighted by molar-refractivity contribution is -0.115. The molecule has 0 saturated carbocycles. The maximum absolute atomic E-state index is 11.7.